The number of aliphatic imine (C=N–C) groups is 1. The maximum absolute atomic E-state index is 13.6. The number of aliphatic hydroxyl groups excluding tert-OH is 1. The number of nitrogens with zero attached hydrogens (tertiary/aromatic N) is 1. The summed E-state index contributed by atoms with van der Waals surface area (Å²) < 4.78 is 19.1. The molecule has 1 saturated carbocycles. The second kappa shape index (κ2) is 9.01. The first-order chi connectivity index (χ1) is 14.5. The average molecular weight is 414 g/mol. The van der Waals surface area contributed by atoms with E-state index in [0.29, 0.717) is 12.3 Å². The number of dihydropyridines is 1. The maximum Gasteiger partial charge on any atom is 0.309 e. The van der Waals surface area contributed by atoms with Gasteiger partial charge in [0.1, 0.15) is 11.9 Å². The van der Waals surface area contributed by atoms with Crippen LogP contribution in [-0.2, 0) is 9.53 Å². The van der Waals surface area contributed by atoms with Crippen molar-refractivity contribution in [1.82, 2.24) is 0 Å². The largest absolute Gasteiger partial charge is 0.462 e. The minimum absolute atomic E-state index is 0.0468. The number of carbonyl (C=O) groups is 1. The molecule has 1 saturated heterocycles. The van der Waals surface area contributed by atoms with Crippen LogP contribution in [0, 0.1) is 29.6 Å². The Morgan fingerprint density at radius 3 is 2.80 bits per heavy atom. The van der Waals surface area contributed by atoms with Crippen LogP contribution in [-0.4, -0.2) is 36.0 Å². The molecule has 7 atom stereocenters. The van der Waals surface area contributed by atoms with E-state index >= 15 is 0 Å². The molecule has 4 nitrogen and oxygen atoms in total. The Bertz CT molecular complexity index is 824. The van der Waals surface area contributed by atoms with Gasteiger partial charge in [-0.25, -0.2) is 4.39 Å². The summed E-state index contributed by atoms with van der Waals surface area (Å²) in [5, 5.41) is 9.93. The van der Waals surface area contributed by atoms with Gasteiger partial charge in [-0.3, -0.25) is 9.79 Å². The van der Waals surface area contributed by atoms with Gasteiger partial charge in [0.25, 0.3) is 0 Å². The summed E-state index contributed by atoms with van der Waals surface area (Å²) in [7, 11) is 0. The Kier molecular flexibility index (Phi) is 6.37. The van der Waals surface area contributed by atoms with Gasteiger partial charge >= 0.3 is 5.97 Å². The van der Waals surface area contributed by atoms with Gasteiger partial charge in [0, 0.05) is 25.2 Å². The number of cyclic esters (lactones) is 1. The number of halogens is 1. The van der Waals surface area contributed by atoms with Crippen LogP contribution in [0.2, 0.25) is 0 Å². The quantitative estimate of drug-likeness (QED) is 0.524. The van der Waals surface area contributed by atoms with E-state index in [1.807, 2.05) is 13.1 Å². The lowest BCUT2D eigenvalue weighted by Gasteiger charge is -2.42. The summed E-state index contributed by atoms with van der Waals surface area (Å²) in [4.78, 5) is 17.0. The molecule has 162 valence electrons. The van der Waals surface area contributed by atoms with Gasteiger partial charge < -0.3 is 9.84 Å². The summed E-state index contributed by atoms with van der Waals surface area (Å²) in [6.07, 6.45) is 15.6. The van der Waals surface area contributed by atoms with Crippen molar-refractivity contribution in [1.29, 1.82) is 0 Å². The number of carbonyl (C=O) groups excluding carboxylic acids is 1. The highest BCUT2D eigenvalue weighted by Crippen LogP contribution is 2.50. The van der Waals surface area contributed by atoms with E-state index in [2.05, 4.69) is 36.2 Å². The van der Waals surface area contributed by atoms with Crippen LogP contribution >= 0.6 is 0 Å². The normalized spacial score (nSPS) is 38.7. The molecule has 2 fully saturated rings. The lowest BCUT2D eigenvalue weighted by Crippen LogP contribution is -2.42. The fourth-order valence-corrected chi connectivity index (χ4v) is 5.84. The van der Waals surface area contributed by atoms with E-state index in [9.17, 15) is 14.3 Å². The van der Waals surface area contributed by atoms with Crippen LogP contribution < -0.4 is 0 Å². The number of rotatable bonds is 5. The predicted molar refractivity (Wildman–Crippen MR) is 116 cm³/mol. The molecule has 0 aromatic rings. The topological polar surface area (TPSA) is 58.9 Å². The van der Waals surface area contributed by atoms with Gasteiger partial charge in [-0.15, -0.1) is 0 Å². The van der Waals surface area contributed by atoms with Crippen LogP contribution in [0.15, 0.2) is 52.3 Å². The SMILES string of the molecule is CC[C@@H]1[C@@H](CO)C[C@H]2C(=O)O[C@H](C)[C@H]2[C@H]1/C=C/C1CC=C(C2=CCCC(F)=C2)C=N1. The number of esters is 1. The predicted octanol–water partition coefficient (Wildman–Crippen LogP) is 4.72. The Hall–Kier alpha value is -2.01. The molecule has 1 N–H and O–H groups in total. The fraction of sp³-hybridized carbons (Fsp3) is 0.600. The number of aliphatic hydroxyl groups is 1. The average Bonchev–Trinajstić information content (AvgIpc) is 3.04. The summed E-state index contributed by atoms with van der Waals surface area (Å²) >= 11 is 0. The monoisotopic (exact) mass is 413 g/mol. The van der Waals surface area contributed by atoms with Gasteiger partial charge in [-0.05, 0) is 61.2 Å². The van der Waals surface area contributed by atoms with Crippen LogP contribution in [0.5, 0.6) is 0 Å². The smallest absolute Gasteiger partial charge is 0.309 e. The van der Waals surface area contributed by atoms with Crippen molar-refractivity contribution in [2.75, 3.05) is 6.61 Å². The van der Waals surface area contributed by atoms with Gasteiger partial charge in [0.2, 0.25) is 0 Å². The van der Waals surface area contributed by atoms with E-state index in [1.165, 1.54) is 0 Å². The van der Waals surface area contributed by atoms with E-state index in [0.717, 1.165) is 36.8 Å². The molecule has 2 heterocycles. The van der Waals surface area contributed by atoms with Crippen molar-refractivity contribution in [3.63, 3.8) is 0 Å². The lowest BCUT2D eigenvalue weighted by atomic mass is 9.60. The number of fused-ring (bicyclic) bond motifs is 1. The van der Waals surface area contributed by atoms with E-state index in [1.54, 1.807) is 6.08 Å². The summed E-state index contributed by atoms with van der Waals surface area (Å²) in [5.41, 5.74) is 1.91. The second-order valence-electron chi connectivity index (χ2n) is 9.07. The van der Waals surface area contributed by atoms with Crippen molar-refractivity contribution in [3.05, 3.63) is 47.4 Å². The van der Waals surface area contributed by atoms with E-state index in [-0.39, 0.29) is 54.2 Å². The third-order valence-electron chi connectivity index (χ3n) is 7.35. The second-order valence-corrected chi connectivity index (χ2v) is 9.07. The highest BCUT2D eigenvalue weighted by molar-refractivity contribution is 5.87. The van der Waals surface area contributed by atoms with Crippen LogP contribution in [0.25, 0.3) is 0 Å². The molecule has 4 aliphatic rings. The zero-order chi connectivity index (χ0) is 21.3. The maximum atomic E-state index is 13.6. The number of hydrogen-bond acceptors (Lipinski definition) is 4. The molecule has 2 aliphatic carbocycles. The van der Waals surface area contributed by atoms with Crippen molar-refractivity contribution in [2.24, 2.45) is 34.6 Å². The molecular formula is C25H32FNO3. The first-order valence-electron chi connectivity index (χ1n) is 11.3. The zero-order valence-electron chi connectivity index (χ0n) is 17.8. The lowest BCUT2D eigenvalue weighted by molar-refractivity contribution is -0.144. The molecule has 0 amide bonds. The van der Waals surface area contributed by atoms with E-state index in [4.69, 9.17) is 4.74 Å². The Labute approximate surface area is 178 Å². The number of ether oxygens (including phenoxy) is 1. The molecule has 4 rings (SSSR count). The molecule has 5 heteroatoms. The molecule has 0 aromatic heterocycles. The molecule has 0 aromatic carbocycles. The standard InChI is InChI=1S/C25H32FNO3/c1-3-21-18(14-28)12-23-24(15(2)30-25(23)29)22(21)10-9-20-8-7-17(13-27-20)16-5-4-6-19(26)11-16/h5,7,9-11,13,15,18,20-24,28H,3-4,6,8,12,14H2,1-2H3/b10-9+/t15-,18-,20?,21-,22+,23-,24+/m1/s1. The molecule has 0 radical (unpaired) electrons. The van der Waals surface area contributed by atoms with Gasteiger partial charge in [0.05, 0.1) is 12.0 Å². The molecule has 30 heavy (non-hydrogen) atoms. The summed E-state index contributed by atoms with van der Waals surface area (Å²) in [5.74, 6) is 0.543. The van der Waals surface area contributed by atoms with Crippen molar-refractivity contribution >= 4 is 12.2 Å². The van der Waals surface area contributed by atoms with Crippen molar-refractivity contribution in [2.45, 2.75) is 58.1 Å². The van der Waals surface area contributed by atoms with Gasteiger partial charge in [0.15, 0.2) is 0 Å². The Balaban J connectivity index is 1.49. The first-order valence-corrected chi connectivity index (χ1v) is 11.3. The highest BCUT2D eigenvalue weighted by Gasteiger charge is 2.52. The Morgan fingerprint density at radius 1 is 1.30 bits per heavy atom. The van der Waals surface area contributed by atoms with Gasteiger partial charge in [-0.2, -0.15) is 0 Å². The van der Waals surface area contributed by atoms with Crippen LogP contribution in [0.3, 0.4) is 0 Å². The van der Waals surface area contributed by atoms with E-state index < -0.39 is 0 Å². The zero-order valence-corrected chi connectivity index (χ0v) is 17.8. The molecule has 0 spiro atoms. The van der Waals surface area contributed by atoms with Crippen molar-refractivity contribution < 1.29 is 19.0 Å². The first kappa shape index (κ1) is 21.2. The Morgan fingerprint density at radius 2 is 2.13 bits per heavy atom. The molecule has 2 aliphatic heterocycles. The summed E-state index contributed by atoms with van der Waals surface area (Å²) in [6, 6.07) is 0.0468. The minimum atomic E-state index is -0.115. The minimum Gasteiger partial charge on any atom is -0.462 e. The van der Waals surface area contributed by atoms with Crippen LogP contribution in [0.1, 0.15) is 46.0 Å². The van der Waals surface area contributed by atoms with Crippen molar-refractivity contribution in [3.8, 4) is 0 Å². The highest BCUT2D eigenvalue weighted by atomic mass is 19.1. The van der Waals surface area contributed by atoms with Crippen LogP contribution in [0.4, 0.5) is 4.39 Å². The number of hydrogen-bond donors (Lipinski definition) is 1. The van der Waals surface area contributed by atoms with Gasteiger partial charge in [-0.1, -0.05) is 37.6 Å². The number of allylic oxidation sites excluding steroid dienone is 6. The fourth-order valence-electron chi connectivity index (χ4n) is 5.84. The molecule has 0 bridgehead atoms. The third kappa shape index (κ3) is 4.09. The molecule has 1 unspecified atom stereocenters. The summed E-state index contributed by atoms with van der Waals surface area (Å²) in [6.45, 7) is 4.27. The molecular weight excluding hydrogens is 381 g/mol. The third-order valence-corrected chi connectivity index (χ3v) is 7.35.